The Hall–Kier alpha value is -2.79. The number of hydrogen-bond donors (Lipinski definition) is 0. The van der Waals surface area contributed by atoms with Crippen molar-refractivity contribution in [3.8, 4) is 11.5 Å². The van der Waals surface area contributed by atoms with Gasteiger partial charge in [0.15, 0.2) is 0 Å². The molecule has 0 aliphatic carbocycles. The largest absolute Gasteiger partial charge is 0.497 e. The van der Waals surface area contributed by atoms with E-state index >= 15 is 0 Å². The van der Waals surface area contributed by atoms with Crippen molar-refractivity contribution < 1.29 is 13.9 Å². The Labute approximate surface area is 158 Å². The summed E-state index contributed by atoms with van der Waals surface area (Å²) in [5.41, 5.74) is 3.58. The molecular weight excluding hydrogens is 342 g/mol. The first kappa shape index (κ1) is 17.6. The van der Waals surface area contributed by atoms with E-state index in [1.165, 1.54) is 5.56 Å². The highest BCUT2D eigenvalue weighted by molar-refractivity contribution is 5.85. The van der Waals surface area contributed by atoms with Crippen molar-refractivity contribution in [1.82, 2.24) is 4.90 Å². The predicted octanol–water partition coefficient (Wildman–Crippen LogP) is 3.76. The van der Waals surface area contributed by atoms with E-state index in [9.17, 15) is 4.79 Å². The lowest BCUT2D eigenvalue weighted by Gasteiger charge is -2.29. The second-order valence-corrected chi connectivity index (χ2v) is 6.79. The molecule has 4 rings (SSSR count). The SMILES string of the molecule is CCc1cc(=O)oc2c3c(ccc12)OCN(CCc1ccc(OC)cc1)C3. The summed E-state index contributed by atoms with van der Waals surface area (Å²) < 4.78 is 16.7. The number of benzene rings is 2. The molecule has 27 heavy (non-hydrogen) atoms. The second kappa shape index (κ2) is 7.45. The van der Waals surface area contributed by atoms with Crippen molar-refractivity contribution in [1.29, 1.82) is 0 Å². The molecule has 3 aromatic rings. The van der Waals surface area contributed by atoms with Gasteiger partial charge in [0.2, 0.25) is 0 Å². The molecule has 0 radical (unpaired) electrons. The molecule has 0 fully saturated rings. The van der Waals surface area contributed by atoms with E-state index in [1.807, 2.05) is 31.2 Å². The van der Waals surface area contributed by atoms with Gasteiger partial charge in [-0.1, -0.05) is 19.1 Å². The van der Waals surface area contributed by atoms with E-state index in [-0.39, 0.29) is 5.63 Å². The molecule has 0 atom stereocenters. The summed E-state index contributed by atoms with van der Waals surface area (Å²) in [4.78, 5) is 14.2. The van der Waals surface area contributed by atoms with Crippen molar-refractivity contribution in [2.45, 2.75) is 26.3 Å². The maximum absolute atomic E-state index is 12.0. The Kier molecular flexibility index (Phi) is 4.86. The summed E-state index contributed by atoms with van der Waals surface area (Å²) in [6.07, 6.45) is 1.71. The normalized spacial score (nSPS) is 14.0. The van der Waals surface area contributed by atoms with Gasteiger partial charge in [-0.2, -0.15) is 0 Å². The van der Waals surface area contributed by atoms with Crippen LogP contribution in [0.4, 0.5) is 0 Å². The van der Waals surface area contributed by atoms with E-state index in [0.717, 1.165) is 47.4 Å². The number of aryl methyl sites for hydroxylation is 1. The zero-order valence-corrected chi connectivity index (χ0v) is 15.7. The van der Waals surface area contributed by atoms with Gasteiger partial charge in [-0.05, 0) is 48.2 Å². The van der Waals surface area contributed by atoms with Gasteiger partial charge in [0.25, 0.3) is 0 Å². The Morgan fingerprint density at radius 1 is 1.15 bits per heavy atom. The Morgan fingerprint density at radius 2 is 1.96 bits per heavy atom. The van der Waals surface area contributed by atoms with Crippen LogP contribution in [0.25, 0.3) is 11.0 Å². The molecule has 0 bridgehead atoms. The monoisotopic (exact) mass is 365 g/mol. The predicted molar refractivity (Wildman–Crippen MR) is 104 cm³/mol. The van der Waals surface area contributed by atoms with E-state index in [4.69, 9.17) is 13.9 Å². The Bertz CT molecular complexity index is 1010. The molecule has 5 heteroatoms. The van der Waals surface area contributed by atoms with Gasteiger partial charge in [-0.15, -0.1) is 0 Å². The van der Waals surface area contributed by atoms with Gasteiger partial charge in [-0.25, -0.2) is 4.79 Å². The standard InChI is InChI=1S/C22H23NO4/c1-3-16-12-21(24)27-22-18(16)8-9-20-19(22)13-23(14-26-20)11-10-15-4-6-17(25-2)7-5-15/h4-9,12H,3,10-11,13-14H2,1-2H3. The molecule has 2 aromatic carbocycles. The highest BCUT2D eigenvalue weighted by Gasteiger charge is 2.22. The number of rotatable bonds is 5. The number of nitrogens with zero attached hydrogens (tertiary/aromatic N) is 1. The molecule has 0 amide bonds. The van der Waals surface area contributed by atoms with Crippen LogP contribution >= 0.6 is 0 Å². The van der Waals surface area contributed by atoms with Crippen LogP contribution in [-0.4, -0.2) is 25.3 Å². The average molecular weight is 365 g/mol. The van der Waals surface area contributed by atoms with Gasteiger partial charge < -0.3 is 13.9 Å². The summed E-state index contributed by atoms with van der Waals surface area (Å²) in [7, 11) is 1.67. The number of methoxy groups -OCH3 is 1. The van der Waals surface area contributed by atoms with E-state index in [0.29, 0.717) is 18.9 Å². The van der Waals surface area contributed by atoms with Crippen molar-refractivity contribution in [2.75, 3.05) is 20.4 Å². The molecular formula is C22H23NO4. The third kappa shape index (κ3) is 3.55. The zero-order valence-electron chi connectivity index (χ0n) is 15.7. The summed E-state index contributed by atoms with van der Waals surface area (Å²) in [5.74, 6) is 1.67. The van der Waals surface area contributed by atoms with Crippen molar-refractivity contribution in [3.63, 3.8) is 0 Å². The smallest absolute Gasteiger partial charge is 0.336 e. The van der Waals surface area contributed by atoms with Gasteiger partial charge in [-0.3, -0.25) is 4.90 Å². The third-order valence-electron chi connectivity index (χ3n) is 5.10. The molecule has 0 spiro atoms. The summed E-state index contributed by atoms with van der Waals surface area (Å²) >= 11 is 0. The summed E-state index contributed by atoms with van der Waals surface area (Å²) in [6.45, 7) is 4.15. The second-order valence-electron chi connectivity index (χ2n) is 6.79. The topological polar surface area (TPSA) is 51.9 Å². The van der Waals surface area contributed by atoms with E-state index < -0.39 is 0 Å². The first-order valence-corrected chi connectivity index (χ1v) is 9.24. The molecule has 0 unspecified atom stereocenters. The molecule has 1 aliphatic heterocycles. The van der Waals surface area contributed by atoms with Gasteiger partial charge >= 0.3 is 5.63 Å². The van der Waals surface area contributed by atoms with Crippen LogP contribution < -0.4 is 15.1 Å². The number of fused-ring (bicyclic) bond motifs is 3. The minimum Gasteiger partial charge on any atom is -0.497 e. The molecule has 1 aliphatic rings. The van der Waals surface area contributed by atoms with Crippen LogP contribution in [0.5, 0.6) is 11.5 Å². The molecule has 5 nitrogen and oxygen atoms in total. The lowest BCUT2D eigenvalue weighted by molar-refractivity contribution is 0.0968. The first-order valence-electron chi connectivity index (χ1n) is 9.24. The maximum Gasteiger partial charge on any atom is 0.336 e. The molecule has 2 heterocycles. The third-order valence-corrected chi connectivity index (χ3v) is 5.10. The van der Waals surface area contributed by atoms with Gasteiger partial charge in [0, 0.05) is 24.5 Å². The fraction of sp³-hybridized carbons (Fsp3) is 0.318. The maximum atomic E-state index is 12.0. The highest BCUT2D eigenvalue weighted by Crippen LogP contribution is 2.33. The van der Waals surface area contributed by atoms with Gasteiger partial charge in [0.05, 0.1) is 12.7 Å². The molecule has 0 saturated carbocycles. The summed E-state index contributed by atoms with van der Waals surface area (Å²) in [5, 5.41) is 0.997. The van der Waals surface area contributed by atoms with Crippen LogP contribution in [-0.2, 0) is 19.4 Å². The fourth-order valence-corrected chi connectivity index (χ4v) is 3.56. The lowest BCUT2D eigenvalue weighted by Crippen LogP contribution is -2.33. The molecule has 0 saturated heterocycles. The van der Waals surface area contributed by atoms with Crippen LogP contribution in [0, 0.1) is 0 Å². The van der Waals surface area contributed by atoms with Crippen LogP contribution in [0.1, 0.15) is 23.6 Å². The summed E-state index contributed by atoms with van der Waals surface area (Å²) in [6, 6.07) is 13.7. The fourth-order valence-electron chi connectivity index (χ4n) is 3.56. The lowest BCUT2D eigenvalue weighted by atomic mass is 10.0. The van der Waals surface area contributed by atoms with Crippen molar-refractivity contribution in [2.24, 2.45) is 0 Å². The first-order chi connectivity index (χ1) is 13.2. The van der Waals surface area contributed by atoms with Crippen LogP contribution in [0.2, 0.25) is 0 Å². The van der Waals surface area contributed by atoms with Gasteiger partial charge in [0.1, 0.15) is 23.8 Å². The molecule has 140 valence electrons. The number of hydrogen-bond acceptors (Lipinski definition) is 5. The van der Waals surface area contributed by atoms with Crippen LogP contribution in [0.15, 0.2) is 51.7 Å². The average Bonchev–Trinajstić information content (AvgIpc) is 2.71. The Morgan fingerprint density at radius 3 is 2.70 bits per heavy atom. The van der Waals surface area contributed by atoms with Crippen molar-refractivity contribution >= 4 is 11.0 Å². The zero-order chi connectivity index (χ0) is 18.8. The van der Waals surface area contributed by atoms with E-state index in [2.05, 4.69) is 17.0 Å². The van der Waals surface area contributed by atoms with Crippen molar-refractivity contribution in [3.05, 3.63) is 69.6 Å². The Balaban J connectivity index is 1.56. The quantitative estimate of drug-likeness (QED) is 0.645. The van der Waals surface area contributed by atoms with Crippen LogP contribution in [0.3, 0.4) is 0 Å². The minimum absolute atomic E-state index is 0.303. The van der Waals surface area contributed by atoms with E-state index in [1.54, 1.807) is 13.2 Å². The minimum atomic E-state index is -0.303. The highest BCUT2D eigenvalue weighted by atomic mass is 16.5. The molecule has 0 N–H and O–H groups in total. The molecule has 1 aromatic heterocycles. The number of ether oxygens (including phenoxy) is 2.